The average molecular weight is 386 g/mol. The van der Waals surface area contributed by atoms with E-state index >= 15 is 0 Å². The first-order chi connectivity index (χ1) is 11.7. The summed E-state index contributed by atoms with van der Waals surface area (Å²) in [6.07, 6.45) is 4.35. The Hall–Kier alpha value is -1.81. The van der Waals surface area contributed by atoms with E-state index in [9.17, 15) is 4.79 Å². The Morgan fingerprint density at radius 1 is 1.08 bits per heavy atom. The van der Waals surface area contributed by atoms with Crippen molar-refractivity contribution in [2.75, 3.05) is 6.61 Å². The minimum Gasteiger partial charge on any atom is -0.493 e. The minimum atomic E-state index is -0.0133. The van der Waals surface area contributed by atoms with E-state index < -0.39 is 0 Å². The van der Waals surface area contributed by atoms with Gasteiger partial charge in [-0.05, 0) is 79.1 Å². The normalized spacial score (nSPS) is 19.0. The summed E-state index contributed by atoms with van der Waals surface area (Å²) in [5, 5.41) is 3.15. The zero-order valence-electron chi connectivity index (χ0n) is 13.4. The molecule has 3 nitrogen and oxygen atoms in total. The lowest BCUT2D eigenvalue weighted by atomic mass is 10.1. The van der Waals surface area contributed by atoms with Crippen molar-refractivity contribution in [2.45, 2.75) is 31.7 Å². The van der Waals surface area contributed by atoms with Crippen molar-refractivity contribution < 1.29 is 9.53 Å². The summed E-state index contributed by atoms with van der Waals surface area (Å²) in [5.41, 5.74) is 3.33. The van der Waals surface area contributed by atoms with Crippen LogP contribution in [0.5, 0.6) is 5.75 Å². The summed E-state index contributed by atoms with van der Waals surface area (Å²) in [7, 11) is 0. The molecule has 2 aromatic carbocycles. The number of fused-ring (bicyclic) bond motifs is 1. The lowest BCUT2D eigenvalue weighted by molar-refractivity contribution is 0.0938. The van der Waals surface area contributed by atoms with Crippen molar-refractivity contribution >= 4 is 21.8 Å². The van der Waals surface area contributed by atoms with Crippen LogP contribution in [0.3, 0.4) is 0 Å². The van der Waals surface area contributed by atoms with E-state index in [2.05, 4.69) is 39.4 Å². The highest BCUT2D eigenvalue weighted by molar-refractivity contribution is 9.10. The van der Waals surface area contributed by atoms with E-state index in [1.165, 1.54) is 24.0 Å². The van der Waals surface area contributed by atoms with Gasteiger partial charge in [0.1, 0.15) is 5.75 Å². The zero-order valence-corrected chi connectivity index (χ0v) is 15.0. The van der Waals surface area contributed by atoms with Crippen LogP contribution in [0.2, 0.25) is 0 Å². The van der Waals surface area contributed by atoms with Gasteiger partial charge >= 0.3 is 0 Å². The van der Waals surface area contributed by atoms with Crippen LogP contribution in [0.25, 0.3) is 0 Å². The maximum absolute atomic E-state index is 12.4. The van der Waals surface area contributed by atoms with Gasteiger partial charge in [0.05, 0.1) is 6.61 Å². The molecule has 4 heteroatoms. The quantitative estimate of drug-likeness (QED) is 0.839. The molecule has 1 N–H and O–H groups in total. The molecule has 1 unspecified atom stereocenters. The Balaban J connectivity index is 1.34. The van der Waals surface area contributed by atoms with Crippen molar-refractivity contribution in [3.8, 4) is 5.75 Å². The molecule has 0 saturated heterocycles. The number of hydrogen-bond acceptors (Lipinski definition) is 2. The molecule has 124 valence electrons. The van der Waals surface area contributed by atoms with Gasteiger partial charge < -0.3 is 10.1 Å². The molecule has 0 heterocycles. The molecular formula is C20H20BrNO2. The molecule has 4 rings (SSSR count). The molecule has 0 spiro atoms. The van der Waals surface area contributed by atoms with Crippen molar-refractivity contribution in [1.82, 2.24) is 5.32 Å². The number of hydrogen-bond donors (Lipinski definition) is 1. The monoisotopic (exact) mass is 385 g/mol. The highest BCUT2D eigenvalue weighted by Crippen LogP contribution is 2.29. The van der Waals surface area contributed by atoms with Crippen LogP contribution in [0.4, 0.5) is 0 Å². The molecule has 1 atom stereocenters. The fourth-order valence-corrected chi connectivity index (χ4v) is 3.57. The second-order valence-electron chi connectivity index (χ2n) is 6.77. The van der Waals surface area contributed by atoms with E-state index in [1.54, 1.807) is 0 Å². The van der Waals surface area contributed by atoms with Crippen LogP contribution in [-0.2, 0) is 12.8 Å². The Kier molecular flexibility index (Phi) is 4.31. The van der Waals surface area contributed by atoms with Crippen LogP contribution in [0.15, 0.2) is 46.9 Å². The van der Waals surface area contributed by atoms with Crippen molar-refractivity contribution in [3.63, 3.8) is 0 Å². The standard InChI is InChI=1S/C20H20BrNO2/c21-17-6-3-15-10-18(11-16(15)9-17)22-20(23)14-4-7-19(8-5-14)24-12-13-1-2-13/h3-9,13,18H,1-2,10-12H2,(H,22,23). The molecule has 2 aromatic rings. The first-order valence-electron chi connectivity index (χ1n) is 8.48. The number of carbonyl (C=O) groups excluding carboxylic acids is 1. The number of amides is 1. The molecule has 24 heavy (non-hydrogen) atoms. The zero-order chi connectivity index (χ0) is 16.5. The summed E-state index contributed by atoms with van der Waals surface area (Å²) in [6, 6.07) is 14.0. The number of carbonyl (C=O) groups is 1. The average Bonchev–Trinajstić information content (AvgIpc) is 3.33. The third kappa shape index (κ3) is 3.64. The predicted molar refractivity (Wildman–Crippen MR) is 97.5 cm³/mol. The fourth-order valence-electron chi connectivity index (χ4n) is 3.16. The first kappa shape index (κ1) is 15.7. The lowest BCUT2D eigenvalue weighted by Gasteiger charge is -2.12. The molecular weight excluding hydrogens is 366 g/mol. The van der Waals surface area contributed by atoms with Gasteiger partial charge in [0.15, 0.2) is 0 Å². The highest BCUT2D eigenvalue weighted by Gasteiger charge is 2.24. The second kappa shape index (κ2) is 6.60. The summed E-state index contributed by atoms with van der Waals surface area (Å²) >= 11 is 3.51. The van der Waals surface area contributed by atoms with E-state index in [-0.39, 0.29) is 11.9 Å². The molecule has 1 fully saturated rings. The van der Waals surface area contributed by atoms with Gasteiger partial charge in [-0.15, -0.1) is 0 Å². The SMILES string of the molecule is O=C(NC1Cc2ccc(Br)cc2C1)c1ccc(OCC2CC2)cc1. The maximum Gasteiger partial charge on any atom is 0.251 e. The van der Waals surface area contributed by atoms with Crippen molar-refractivity contribution in [1.29, 1.82) is 0 Å². The van der Waals surface area contributed by atoms with Crippen molar-refractivity contribution in [2.24, 2.45) is 5.92 Å². The van der Waals surface area contributed by atoms with Gasteiger partial charge in [0.2, 0.25) is 0 Å². The smallest absolute Gasteiger partial charge is 0.251 e. The van der Waals surface area contributed by atoms with E-state index in [0.717, 1.165) is 35.6 Å². The molecule has 2 aliphatic carbocycles. The largest absolute Gasteiger partial charge is 0.493 e. The molecule has 2 aliphatic rings. The molecule has 0 aliphatic heterocycles. The Morgan fingerprint density at radius 2 is 1.83 bits per heavy atom. The Morgan fingerprint density at radius 3 is 2.58 bits per heavy atom. The van der Waals surface area contributed by atoms with Crippen LogP contribution < -0.4 is 10.1 Å². The predicted octanol–water partition coefficient (Wildman–Crippen LogP) is 4.14. The summed E-state index contributed by atoms with van der Waals surface area (Å²) < 4.78 is 6.81. The van der Waals surface area contributed by atoms with Gasteiger partial charge in [-0.3, -0.25) is 4.79 Å². The summed E-state index contributed by atoms with van der Waals surface area (Å²) in [4.78, 5) is 12.4. The number of nitrogens with one attached hydrogen (secondary N) is 1. The number of ether oxygens (including phenoxy) is 1. The van der Waals surface area contributed by atoms with Crippen molar-refractivity contribution in [3.05, 3.63) is 63.6 Å². The van der Waals surface area contributed by atoms with Crippen LogP contribution >= 0.6 is 15.9 Å². The topological polar surface area (TPSA) is 38.3 Å². The van der Waals surface area contributed by atoms with Gasteiger partial charge in [-0.1, -0.05) is 22.0 Å². The number of benzene rings is 2. The Bertz CT molecular complexity index is 753. The van der Waals surface area contributed by atoms with E-state index in [0.29, 0.717) is 5.56 Å². The number of halogens is 1. The molecule has 1 saturated carbocycles. The second-order valence-corrected chi connectivity index (χ2v) is 7.69. The maximum atomic E-state index is 12.4. The van der Waals surface area contributed by atoms with Gasteiger partial charge in [-0.25, -0.2) is 0 Å². The highest BCUT2D eigenvalue weighted by atomic mass is 79.9. The van der Waals surface area contributed by atoms with Crippen LogP contribution in [-0.4, -0.2) is 18.6 Å². The van der Waals surface area contributed by atoms with E-state index in [4.69, 9.17) is 4.74 Å². The third-order valence-electron chi connectivity index (χ3n) is 4.74. The fraction of sp³-hybridized carbons (Fsp3) is 0.350. The molecule has 1 amide bonds. The van der Waals surface area contributed by atoms with Crippen LogP contribution in [0.1, 0.15) is 34.3 Å². The van der Waals surface area contributed by atoms with E-state index in [1.807, 2.05) is 24.3 Å². The molecule has 0 aromatic heterocycles. The minimum absolute atomic E-state index is 0.0133. The summed E-state index contributed by atoms with van der Waals surface area (Å²) in [5.74, 6) is 1.56. The first-order valence-corrected chi connectivity index (χ1v) is 9.28. The van der Waals surface area contributed by atoms with Crippen LogP contribution in [0, 0.1) is 5.92 Å². The van der Waals surface area contributed by atoms with Gasteiger partial charge in [0.25, 0.3) is 5.91 Å². The molecule has 0 bridgehead atoms. The third-order valence-corrected chi connectivity index (χ3v) is 5.23. The summed E-state index contributed by atoms with van der Waals surface area (Å²) in [6.45, 7) is 0.793. The Labute approximate surface area is 150 Å². The number of rotatable bonds is 5. The lowest BCUT2D eigenvalue weighted by Crippen LogP contribution is -2.35. The van der Waals surface area contributed by atoms with Gasteiger partial charge in [0, 0.05) is 16.1 Å². The molecule has 0 radical (unpaired) electrons. The van der Waals surface area contributed by atoms with Gasteiger partial charge in [-0.2, -0.15) is 0 Å².